The number of ether oxygens (including phenoxy) is 1. The maximum Gasteiger partial charge on any atom is 0.251 e. The van der Waals surface area contributed by atoms with Gasteiger partial charge in [0, 0.05) is 18.2 Å². The Balaban J connectivity index is 1.58. The minimum atomic E-state index is -0.137. The summed E-state index contributed by atoms with van der Waals surface area (Å²) in [4.78, 5) is 12.3. The molecule has 1 aromatic heterocycles. The number of carbonyl (C=O) groups is 1. The van der Waals surface area contributed by atoms with E-state index in [1.807, 2.05) is 43.3 Å². The van der Waals surface area contributed by atoms with Gasteiger partial charge in [-0.2, -0.15) is 0 Å². The number of nitrogens with zero attached hydrogens (tertiary/aromatic N) is 1. The van der Waals surface area contributed by atoms with Crippen LogP contribution in [-0.4, -0.2) is 11.1 Å². The zero-order valence-electron chi connectivity index (χ0n) is 13.4. The normalized spacial score (nSPS) is 10.4. The van der Waals surface area contributed by atoms with E-state index in [9.17, 15) is 4.79 Å². The van der Waals surface area contributed by atoms with E-state index in [-0.39, 0.29) is 5.91 Å². The molecule has 2 aromatic carbocycles. The van der Waals surface area contributed by atoms with Gasteiger partial charge in [-0.1, -0.05) is 41.6 Å². The van der Waals surface area contributed by atoms with Gasteiger partial charge < -0.3 is 14.6 Å². The molecule has 0 bridgehead atoms. The van der Waals surface area contributed by atoms with Gasteiger partial charge >= 0.3 is 0 Å². The molecule has 3 aromatic rings. The molecule has 0 aliphatic rings. The largest absolute Gasteiger partial charge is 0.487 e. The molecule has 0 fully saturated rings. The molecule has 0 aliphatic carbocycles. The van der Waals surface area contributed by atoms with Gasteiger partial charge in [-0.15, -0.1) is 0 Å². The van der Waals surface area contributed by atoms with Crippen molar-refractivity contribution in [1.82, 2.24) is 10.5 Å². The van der Waals surface area contributed by atoms with Crippen molar-refractivity contribution in [2.24, 2.45) is 0 Å². The Morgan fingerprint density at radius 1 is 1.12 bits per heavy atom. The standard InChI is InChI=1S/C19H18N2O3/c1-14-10-17(21-24-14)13-23-18-9-5-8-16(11-18)19(22)20-12-15-6-3-2-4-7-15/h2-11H,12-13H2,1H3,(H,20,22). The average molecular weight is 322 g/mol. The maximum atomic E-state index is 12.3. The molecular weight excluding hydrogens is 304 g/mol. The molecule has 5 heteroatoms. The first-order valence-corrected chi connectivity index (χ1v) is 7.68. The van der Waals surface area contributed by atoms with Crippen LogP contribution in [0.1, 0.15) is 27.4 Å². The molecule has 1 amide bonds. The van der Waals surface area contributed by atoms with Crippen molar-refractivity contribution in [1.29, 1.82) is 0 Å². The van der Waals surface area contributed by atoms with E-state index in [1.165, 1.54) is 0 Å². The van der Waals surface area contributed by atoms with Crippen LogP contribution in [0.4, 0.5) is 0 Å². The van der Waals surface area contributed by atoms with Gasteiger partial charge in [-0.25, -0.2) is 0 Å². The second kappa shape index (κ2) is 7.46. The summed E-state index contributed by atoms with van der Waals surface area (Å²) < 4.78 is 10.7. The Morgan fingerprint density at radius 2 is 1.96 bits per heavy atom. The Hall–Kier alpha value is -3.08. The molecule has 5 nitrogen and oxygen atoms in total. The van der Waals surface area contributed by atoms with Crippen LogP contribution in [-0.2, 0) is 13.2 Å². The molecule has 3 rings (SSSR count). The Bertz CT molecular complexity index is 812. The molecule has 0 radical (unpaired) electrons. The average Bonchev–Trinajstić information content (AvgIpc) is 3.04. The summed E-state index contributed by atoms with van der Waals surface area (Å²) in [5.74, 6) is 1.22. The van der Waals surface area contributed by atoms with E-state index < -0.39 is 0 Å². The lowest BCUT2D eigenvalue weighted by molar-refractivity contribution is 0.0950. The highest BCUT2D eigenvalue weighted by molar-refractivity contribution is 5.94. The van der Waals surface area contributed by atoms with Crippen LogP contribution in [0, 0.1) is 6.92 Å². The number of carbonyl (C=O) groups excluding carboxylic acids is 1. The predicted molar refractivity (Wildman–Crippen MR) is 89.6 cm³/mol. The summed E-state index contributed by atoms with van der Waals surface area (Å²) in [5.41, 5.74) is 2.32. The molecule has 0 unspecified atom stereocenters. The van der Waals surface area contributed by atoms with Gasteiger partial charge in [-0.05, 0) is 30.7 Å². The van der Waals surface area contributed by atoms with Crippen molar-refractivity contribution in [3.8, 4) is 5.75 Å². The zero-order valence-corrected chi connectivity index (χ0v) is 13.4. The van der Waals surface area contributed by atoms with E-state index in [2.05, 4.69) is 10.5 Å². The molecule has 1 N–H and O–H groups in total. The first kappa shape index (κ1) is 15.8. The predicted octanol–water partition coefficient (Wildman–Crippen LogP) is 3.49. The minimum Gasteiger partial charge on any atom is -0.487 e. The van der Waals surface area contributed by atoms with Crippen molar-refractivity contribution in [3.05, 3.63) is 83.2 Å². The molecule has 0 spiro atoms. The molecule has 1 heterocycles. The Kier molecular flexibility index (Phi) is 4.91. The van der Waals surface area contributed by atoms with Gasteiger partial charge in [0.25, 0.3) is 5.91 Å². The van der Waals surface area contributed by atoms with E-state index >= 15 is 0 Å². The summed E-state index contributed by atoms with van der Waals surface area (Å²) in [6, 6.07) is 18.7. The lowest BCUT2D eigenvalue weighted by Gasteiger charge is -2.08. The van der Waals surface area contributed by atoms with E-state index in [0.717, 1.165) is 11.3 Å². The molecule has 0 aliphatic heterocycles. The van der Waals surface area contributed by atoms with Crippen molar-refractivity contribution in [3.63, 3.8) is 0 Å². The number of rotatable bonds is 6. The first-order chi connectivity index (χ1) is 11.7. The van der Waals surface area contributed by atoms with Crippen molar-refractivity contribution >= 4 is 5.91 Å². The number of benzene rings is 2. The second-order valence-electron chi connectivity index (χ2n) is 5.41. The SMILES string of the molecule is Cc1cc(COc2cccc(C(=O)NCc3ccccc3)c2)no1. The topological polar surface area (TPSA) is 64.4 Å². The summed E-state index contributed by atoms with van der Waals surface area (Å²) in [7, 11) is 0. The number of hydrogen-bond acceptors (Lipinski definition) is 4. The van der Waals surface area contributed by atoms with Crippen LogP contribution in [0.15, 0.2) is 65.2 Å². The second-order valence-corrected chi connectivity index (χ2v) is 5.41. The van der Waals surface area contributed by atoms with Crippen LogP contribution in [0.3, 0.4) is 0 Å². The third-order valence-electron chi connectivity index (χ3n) is 3.46. The lowest BCUT2D eigenvalue weighted by Crippen LogP contribution is -2.22. The quantitative estimate of drug-likeness (QED) is 0.754. The fourth-order valence-electron chi connectivity index (χ4n) is 2.25. The van der Waals surface area contributed by atoms with Gasteiger partial charge in [0.15, 0.2) is 0 Å². The third kappa shape index (κ3) is 4.23. The molecule has 0 atom stereocenters. The zero-order chi connectivity index (χ0) is 16.8. The molecule has 24 heavy (non-hydrogen) atoms. The van der Waals surface area contributed by atoms with Crippen molar-refractivity contribution in [2.75, 3.05) is 0 Å². The highest BCUT2D eigenvalue weighted by atomic mass is 16.5. The highest BCUT2D eigenvalue weighted by Gasteiger charge is 2.07. The maximum absolute atomic E-state index is 12.3. The van der Waals surface area contributed by atoms with E-state index in [0.29, 0.717) is 30.2 Å². The van der Waals surface area contributed by atoms with Crippen LogP contribution in [0.5, 0.6) is 5.75 Å². The smallest absolute Gasteiger partial charge is 0.251 e. The van der Waals surface area contributed by atoms with Gasteiger partial charge in [0.05, 0.1) is 0 Å². The van der Waals surface area contributed by atoms with Crippen LogP contribution in [0.2, 0.25) is 0 Å². The van der Waals surface area contributed by atoms with Gasteiger partial charge in [-0.3, -0.25) is 4.79 Å². The summed E-state index contributed by atoms with van der Waals surface area (Å²) >= 11 is 0. The number of aromatic nitrogens is 1. The number of amides is 1. The Morgan fingerprint density at radius 3 is 2.71 bits per heavy atom. The molecule has 0 saturated heterocycles. The number of aryl methyl sites for hydroxylation is 1. The Labute approximate surface area is 140 Å². The van der Waals surface area contributed by atoms with Gasteiger partial charge in [0.2, 0.25) is 0 Å². The van der Waals surface area contributed by atoms with Crippen LogP contribution >= 0.6 is 0 Å². The highest BCUT2D eigenvalue weighted by Crippen LogP contribution is 2.15. The van der Waals surface area contributed by atoms with E-state index in [4.69, 9.17) is 9.26 Å². The monoisotopic (exact) mass is 322 g/mol. The fourth-order valence-corrected chi connectivity index (χ4v) is 2.25. The molecular formula is C19H18N2O3. The fraction of sp³-hybridized carbons (Fsp3) is 0.158. The molecule has 122 valence electrons. The van der Waals surface area contributed by atoms with Crippen molar-refractivity contribution in [2.45, 2.75) is 20.1 Å². The van der Waals surface area contributed by atoms with Gasteiger partial charge in [0.1, 0.15) is 23.8 Å². The third-order valence-corrected chi connectivity index (χ3v) is 3.46. The molecule has 0 saturated carbocycles. The summed E-state index contributed by atoms with van der Waals surface area (Å²) in [6.45, 7) is 2.61. The van der Waals surface area contributed by atoms with Crippen molar-refractivity contribution < 1.29 is 14.1 Å². The van der Waals surface area contributed by atoms with Crippen LogP contribution < -0.4 is 10.1 Å². The van der Waals surface area contributed by atoms with E-state index in [1.54, 1.807) is 24.3 Å². The summed E-state index contributed by atoms with van der Waals surface area (Å²) in [6.07, 6.45) is 0. The minimum absolute atomic E-state index is 0.137. The number of nitrogens with one attached hydrogen (secondary N) is 1. The summed E-state index contributed by atoms with van der Waals surface area (Å²) in [5, 5.41) is 6.77. The van der Waals surface area contributed by atoms with Crippen LogP contribution in [0.25, 0.3) is 0 Å². The number of hydrogen-bond donors (Lipinski definition) is 1. The lowest BCUT2D eigenvalue weighted by atomic mass is 10.2. The first-order valence-electron chi connectivity index (χ1n) is 7.68.